The number of piperidine rings is 1. The molecular formula is C33H35NO6S. The van der Waals surface area contributed by atoms with Crippen LogP contribution in [0.5, 0.6) is 11.5 Å². The molecule has 1 fully saturated rings. The van der Waals surface area contributed by atoms with Crippen LogP contribution in [0.3, 0.4) is 0 Å². The van der Waals surface area contributed by atoms with Gasteiger partial charge in [-0.25, -0.2) is 4.79 Å². The van der Waals surface area contributed by atoms with Crippen LogP contribution in [0, 0.1) is 18.8 Å². The van der Waals surface area contributed by atoms with Gasteiger partial charge in [-0.3, -0.25) is 9.11 Å². The highest BCUT2D eigenvalue weighted by atomic mass is 32.2. The molecule has 1 heterocycles. The topological polar surface area (TPSA) is 96.3 Å². The van der Waals surface area contributed by atoms with E-state index >= 15 is 0 Å². The van der Waals surface area contributed by atoms with E-state index in [1.165, 1.54) is 0 Å². The molecule has 0 radical (unpaired) electrons. The summed E-state index contributed by atoms with van der Waals surface area (Å²) >= 11 is 0. The molecule has 0 saturated carbocycles. The van der Waals surface area contributed by atoms with Crippen LogP contribution in [-0.2, 0) is 15.6 Å². The average molecular weight is 574 g/mol. The SMILES string of the molecule is Cc1cc(OC/C=C(\c2ccc(C#CCN3CCC(O)CC3)cc2)c2ccc(S(C)=O)cc2)ccc1OCC(=O)O. The van der Waals surface area contributed by atoms with E-state index < -0.39 is 23.4 Å². The number of carbonyl (C=O) groups is 1. The monoisotopic (exact) mass is 573 g/mol. The number of carboxylic acid groups (broad SMARTS) is 1. The fourth-order valence-electron chi connectivity index (χ4n) is 4.53. The molecule has 3 aromatic carbocycles. The first-order chi connectivity index (χ1) is 19.8. The first-order valence-corrected chi connectivity index (χ1v) is 15.1. The number of benzene rings is 3. The van der Waals surface area contributed by atoms with Crippen LogP contribution in [0.2, 0.25) is 0 Å². The molecule has 3 aromatic rings. The molecule has 0 bridgehead atoms. The van der Waals surface area contributed by atoms with Gasteiger partial charge in [0.15, 0.2) is 6.61 Å². The van der Waals surface area contributed by atoms with Gasteiger partial charge in [-0.1, -0.05) is 36.1 Å². The Hall–Kier alpha value is -3.90. The lowest BCUT2D eigenvalue weighted by Crippen LogP contribution is -2.35. The second-order valence-corrected chi connectivity index (χ2v) is 11.3. The maximum Gasteiger partial charge on any atom is 0.341 e. The average Bonchev–Trinajstić information content (AvgIpc) is 2.96. The number of rotatable bonds is 10. The lowest BCUT2D eigenvalue weighted by atomic mass is 9.97. The Morgan fingerprint density at radius 2 is 1.68 bits per heavy atom. The lowest BCUT2D eigenvalue weighted by molar-refractivity contribution is -0.139. The zero-order valence-corrected chi connectivity index (χ0v) is 24.2. The number of carboxylic acids is 1. The summed E-state index contributed by atoms with van der Waals surface area (Å²) in [7, 11) is -1.06. The minimum Gasteiger partial charge on any atom is -0.489 e. The van der Waals surface area contributed by atoms with Gasteiger partial charge < -0.3 is 19.7 Å². The molecule has 0 amide bonds. The van der Waals surface area contributed by atoms with E-state index in [2.05, 4.69) is 16.7 Å². The van der Waals surface area contributed by atoms with Crippen molar-refractivity contribution in [3.05, 3.63) is 95.1 Å². The summed E-state index contributed by atoms with van der Waals surface area (Å²) in [5.74, 6) is 6.61. The van der Waals surface area contributed by atoms with E-state index in [9.17, 15) is 14.1 Å². The number of aliphatic hydroxyl groups is 1. The summed E-state index contributed by atoms with van der Waals surface area (Å²) in [5, 5.41) is 18.5. The van der Waals surface area contributed by atoms with E-state index in [-0.39, 0.29) is 6.10 Å². The second-order valence-electron chi connectivity index (χ2n) is 9.90. The molecule has 1 atom stereocenters. The first kappa shape index (κ1) is 30.1. The van der Waals surface area contributed by atoms with E-state index in [0.29, 0.717) is 24.7 Å². The summed E-state index contributed by atoms with van der Waals surface area (Å²) in [4.78, 5) is 13.8. The van der Waals surface area contributed by atoms with Crippen LogP contribution in [-0.4, -0.2) is 70.5 Å². The number of aryl methyl sites for hydroxylation is 1. The van der Waals surface area contributed by atoms with E-state index in [0.717, 1.165) is 58.7 Å². The van der Waals surface area contributed by atoms with Gasteiger partial charge in [0.25, 0.3) is 0 Å². The standard InChI is InChI=1S/C33H35NO6S/c1-24-22-29(11-14-32(24)40-23-33(36)37)39-21-17-31(27-9-12-30(13-10-27)41(2)38)26-7-5-25(6-8-26)4-3-18-34-19-15-28(35)16-20-34/h5-14,17,22,28,35H,15-16,18-21,23H2,1-2H3,(H,36,37)/b31-17+. The van der Waals surface area contributed by atoms with Crippen molar-refractivity contribution in [3.8, 4) is 23.3 Å². The van der Waals surface area contributed by atoms with Gasteiger partial charge >= 0.3 is 5.97 Å². The van der Waals surface area contributed by atoms with Crippen LogP contribution in [0.4, 0.5) is 0 Å². The van der Waals surface area contributed by atoms with Crippen LogP contribution >= 0.6 is 0 Å². The third kappa shape index (κ3) is 9.05. The summed E-state index contributed by atoms with van der Waals surface area (Å²) in [6.45, 7) is 4.18. The van der Waals surface area contributed by atoms with Gasteiger partial charge in [0, 0.05) is 40.6 Å². The van der Waals surface area contributed by atoms with Crippen molar-refractivity contribution in [2.45, 2.75) is 30.8 Å². The predicted molar refractivity (Wildman–Crippen MR) is 161 cm³/mol. The number of hydrogen-bond acceptors (Lipinski definition) is 6. The number of likely N-dealkylation sites (tertiary alicyclic amines) is 1. The summed E-state index contributed by atoms with van der Waals surface area (Å²) < 4.78 is 23.2. The van der Waals surface area contributed by atoms with Crippen LogP contribution < -0.4 is 9.47 Å². The Bertz CT molecular complexity index is 1450. The Morgan fingerprint density at radius 1 is 1.02 bits per heavy atom. The van der Waals surface area contributed by atoms with Crippen molar-refractivity contribution in [2.24, 2.45) is 0 Å². The Labute approximate surface area is 243 Å². The molecule has 1 saturated heterocycles. The maximum atomic E-state index is 11.9. The van der Waals surface area contributed by atoms with Crippen molar-refractivity contribution in [2.75, 3.05) is 39.1 Å². The van der Waals surface area contributed by atoms with Gasteiger partial charge in [-0.15, -0.1) is 0 Å². The van der Waals surface area contributed by atoms with Gasteiger partial charge in [0.2, 0.25) is 0 Å². The largest absolute Gasteiger partial charge is 0.489 e. The molecule has 8 heteroatoms. The fourth-order valence-corrected chi connectivity index (χ4v) is 5.05. The zero-order chi connectivity index (χ0) is 29.2. The second kappa shape index (κ2) is 14.6. The smallest absolute Gasteiger partial charge is 0.341 e. The Balaban J connectivity index is 1.48. The molecule has 41 heavy (non-hydrogen) atoms. The highest BCUT2D eigenvalue weighted by Crippen LogP contribution is 2.27. The van der Waals surface area contributed by atoms with Crippen molar-refractivity contribution in [3.63, 3.8) is 0 Å². The van der Waals surface area contributed by atoms with Crippen molar-refractivity contribution in [1.29, 1.82) is 0 Å². The number of aliphatic carboxylic acids is 1. The zero-order valence-electron chi connectivity index (χ0n) is 23.3. The molecule has 0 spiro atoms. The third-order valence-corrected chi connectivity index (χ3v) is 7.76. The normalized spacial score (nSPS) is 15.0. The predicted octanol–water partition coefficient (Wildman–Crippen LogP) is 4.51. The Kier molecular flexibility index (Phi) is 10.7. The lowest BCUT2D eigenvalue weighted by Gasteiger charge is -2.27. The number of nitrogens with zero attached hydrogens (tertiary/aromatic N) is 1. The van der Waals surface area contributed by atoms with E-state index in [1.807, 2.05) is 67.6 Å². The van der Waals surface area contributed by atoms with Gasteiger partial charge in [0.1, 0.15) is 18.1 Å². The van der Waals surface area contributed by atoms with Crippen molar-refractivity contribution >= 4 is 22.3 Å². The van der Waals surface area contributed by atoms with Gasteiger partial charge in [0.05, 0.1) is 12.6 Å². The Morgan fingerprint density at radius 3 is 2.29 bits per heavy atom. The minimum absolute atomic E-state index is 0.186. The molecule has 1 aliphatic rings. The minimum atomic E-state index is -1.06. The molecule has 1 aliphatic heterocycles. The first-order valence-electron chi connectivity index (χ1n) is 13.5. The number of hydrogen-bond donors (Lipinski definition) is 2. The molecular weight excluding hydrogens is 538 g/mol. The van der Waals surface area contributed by atoms with Crippen LogP contribution in [0.25, 0.3) is 5.57 Å². The molecule has 1 unspecified atom stereocenters. The van der Waals surface area contributed by atoms with Crippen LogP contribution in [0.1, 0.15) is 35.1 Å². The molecule has 4 rings (SSSR count). The third-order valence-electron chi connectivity index (χ3n) is 6.82. The van der Waals surface area contributed by atoms with E-state index in [4.69, 9.17) is 14.6 Å². The number of aliphatic hydroxyl groups excluding tert-OH is 1. The van der Waals surface area contributed by atoms with Gasteiger partial charge in [-0.2, -0.15) is 0 Å². The summed E-state index contributed by atoms with van der Waals surface area (Å²) in [6.07, 6.45) is 5.09. The molecule has 2 N–H and O–H groups in total. The van der Waals surface area contributed by atoms with Crippen LogP contribution in [0.15, 0.2) is 77.7 Å². The highest BCUT2D eigenvalue weighted by molar-refractivity contribution is 7.84. The molecule has 214 valence electrons. The highest BCUT2D eigenvalue weighted by Gasteiger charge is 2.15. The molecule has 0 aromatic heterocycles. The fraction of sp³-hybridized carbons (Fsp3) is 0.303. The molecule has 7 nitrogen and oxygen atoms in total. The van der Waals surface area contributed by atoms with Crippen molar-refractivity contribution < 1.29 is 28.7 Å². The maximum absolute atomic E-state index is 11.9. The van der Waals surface area contributed by atoms with Gasteiger partial charge in [-0.05, 0) is 90.6 Å². The van der Waals surface area contributed by atoms with E-state index in [1.54, 1.807) is 18.4 Å². The van der Waals surface area contributed by atoms with Crippen molar-refractivity contribution in [1.82, 2.24) is 4.90 Å². The summed E-state index contributed by atoms with van der Waals surface area (Å²) in [5.41, 5.74) is 4.66. The molecule has 0 aliphatic carbocycles. The quantitative estimate of drug-likeness (QED) is 0.345. The summed E-state index contributed by atoms with van der Waals surface area (Å²) in [6, 6.07) is 21.0. The number of ether oxygens (including phenoxy) is 2.